The van der Waals surface area contributed by atoms with E-state index in [-0.39, 0.29) is 12.7 Å². The minimum Gasteiger partial charge on any atom is -0.494 e. The molecule has 0 aliphatic carbocycles. The second kappa shape index (κ2) is 6.97. The zero-order valence-corrected chi connectivity index (χ0v) is 13.3. The van der Waals surface area contributed by atoms with Crippen LogP contribution in [0.25, 0.3) is 0 Å². The van der Waals surface area contributed by atoms with Gasteiger partial charge in [0, 0.05) is 12.1 Å². The predicted octanol–water partition coefficient (Wildman–Crippen LogP) is 1.78. The fourth-order valence-electron chi connectivity index (χ4n) is 2.10. The van der Waals surface area contributed by atoms with Gasteiger partial charge in [-0.15, -0.1) is 0 Å². The molecule has 0 unspecified atom stereocenters. The van der Waals surface area contributed by atoms with E-state index < -0.39 is 16.2 Å². The number of nitrogens with zero attached hydrogens (tertiary/aromatic N) is 1. The molecule has 22 heavy (non-hydrogen) atoms. The largest absolute Gasteiger partial charge is 0.494 e. The highest BCUT2D eigenvalue weighted by Gasteiger charge is 2.32. The molecule has 2 rings (SSSR count). The van der Waals surface area contributed by atoms with Crippen LogP contribution in [0.1, 0.15) is 13.3 Å². The van der Waals surface area contributed by atoms with Crippen molar-refractivity contribution < 1.29 is 26.9 Å². The van der Waals surface area contributed by atoms with Gasteiger partial charge in [-0.1, -0.05) is 0 Å². The number of amides is 1. The molecule has 1 amide bonds. The third kappa shape index (κ3) is 4.60. The lowest BCUT2D eigenvalue weighted by atomic mass is 10.2. The van der Waals surface area contributed by atoms with Crippen LogP contribution in [0.4, 0.5) is 10.5 Å². The molecule has 1 aliphatic heterocycles. The highest BCUT2D eigenvalue weighted by atomic mass is 32.2. The van der Waals surface area contributed by atoms with E-state index in [0.717, 1.165) is 12.0 Å². The van der Waals surface area contributed by atoms with Crippen LogP contribution in [0.3, 0.4) is 0 Å². The summed E-state index contributed by atoms with van der Waals surface area (Å²) in [6, 6.07) is 7.13. The van der Waals surface area contributed by atoms with E-state index >= 15 is 0 Å². The summed E-state index contributed by atoms with van der Waals surface area (Å²) in [5, 5.41) is 0. The maximum absolute atomic E-state index is 11.9. The van der Waals surface area contributed by atoms with Gasteiger partial charge in [0.25, 0.3) is 10.1 Å². The van der Waals surface area contributed by atoms with E-state index in [9.17, 15) is 13.2 Å². The van der Waals surface area contributed by atoms with Gasteiger partial charge in [0.05, 0.1) is 26.0 Å². The van der Waals surface area contributed by atoms with Crippen molar-refractivity contribution >= 4 is 21.9 Å². The molecular formula is C14H19NO6S. The van der Waals surface area contributed by atoms with Crippen molar-refractivity contribution in [2.75, 3.05) is 30.9 Å². The predicted molar refractivity (Wildman–Crippen MR) is 80.6 cm³/mol. The average molecular weight is 329 g/mol. The molecule has 0 saturated carbocycles. The second-order valence-electron chi connectivity index (χ2n) is 4.86. The van der Waals surface area contributed by atoms with Crippen LogP contribution in [-0.4, -0.2) is 46.6 Å². The van der Waals surface area contributed by atoms with Gasteiger partial charge < -0.3 is 9.47 Å². The summed E-state index contributed by atoms with van der Waals surface area (Å²) in [7, 11) is -3.47. The molecule has 1 atom stereocenters. The smallest absolute Gasteiger partial charge is 0.414 e. The molecular weight excluding hydrogens is 310 g/mol. The number of hydrogen-bond acceptors (Lipinski definition) is 6. The standard InChI is InChI=1S/C14H19NO6S/c1-3-19-12-6-4-11(5-7-12)15-10-13(21-14(15)16)8-9-20-22(2,17)18/h4-7,13H,3,8-10H2,1-2H3/t13-/m1/s1. The first-order chi connectivity index (χ1) is 10.4. The first-order valence-electron chi connectivity index (χ1n) is 6.94. The van der Waals surface area contributed by atoms with Crippen LogP contribution in [-0.2, 0) is 19.0 Å². The van der Waals surface area contributed by atoms with E-state index in [1.54, 1.807) is 24.3 Å². The lowest BCUT2D eigenvalue weighted by Crippen LogP contribution is -2.24. The molecule has 0 N–H and O–H groups in total. The number of rotatable bonds is 7. The molecule has 0 aromatic heterocycles. The topological polar surface area (TPSA) is 82.1 Å². The highest BCUT2D eigenvalue weighted by molar-refractivity contribution is 7.85. The Balaban J connectivity index is 1.91. The third-order valence-electron chi connectivity index (χ3n) is 3.07. The van der Waals surface area contributed by atoms with Crippen molar-refractivity contribution in [3.8, 4) is 5.75 Å². The van der Waals surface area contributed by atoms with Gasteiger partial charge in [0.15, 0.2) is 0 Å². The minimum absolute atomic E-state index is 0.00605. The van der Waals surface area contributed by atoms with Crippen molar-refractivity contribution in [1.29, 1.82) is 0 Å². The highest BCUT2D eigenvalue weighted by Crippen LogP contribution is 2.25. The number of anilines is 1. The Kier molecular flexibility index (Phi) is 5.25. The summed E-state index contributed by atoms with van der Waals surface area (Å²) in [5.41, 5.74) is 0.708. The molecule has 8 heteroatoms. The van der Waals surface area contributed by atoms with Gasteiger partial charge in [0.2, 0.25) is 0 Å². The SMILES string of the molecule is CCOc1ccc(N2C[C@@H](CCOS(C)(=O)=O)OC2=O)cc1. The van der Waals surface area contributed by atoms with Crippen molar-refractivity contribution in [2.45, 2.75) is 19.4 Å². The van der Waals surface area contributed by atoms with Crippen molar-refractivity contribution in [3.63, 3.8) is 0 Å². The quantitative estimate of drug-likeness (QED) is 0.709. The molecule has 7 nitrogen and oxygen atoms in total. The zero-order chi connectivity index (χ0) is 16.2. The first kappa shape index (κ1) is 16.6. The fraction of sp³-hybridized carbons (Fsp3) is 0.500. The first-order valence-corrected chi connectivity index (χ1v) is 8.76. The van der Waals surface area contributed by atoms with Crippen LogP contribution < -0.4 is 9.64 Å². The second-order valence-corrected chi connectivity index (χ2v) is 6.50. The van der Waals surface area contributed by atoms with Gasteiger partial charge >= 0.3 is 6.09 Å². The molecule has 122 valence electrons. The molecule has 1 saturated heterocycles. The number of carbonyl (C=O) groups is 1. The van der Waals surface area contributed by atoms with Gasteiger partial charge in [-0.2, -0.15) is 8.42 Å². The van der Waals surface area contributed by atoms with E-state index in [1.807, 2.05) is 6.92 Å². The molecule has 1 heterocycles. The fourth-order valence-corrected chi connectivity index (χ4v) is 2.50. The summed E-state index contributed by atoms with van der Waals surface area (Å²) in [5.74, 6) is 0.733. The lowest BCUT2D eigenvalue weighted by Gasteiger charge is -2.13. The maximum Gasteiger partial charge on any atom is 0.414 e. The summed E-state index contributed by atoms with van der Waals surface area (Å²) >= 11 is 0. The zero-order valence-electron chi connectivity index (χ0n) is 12.5. The Bertz CT molecular complexity index is 613. The van der Waals surface area contributed by atoms with Gasteiger partial charge in [-0.3, -0.25) is 9.08 Å². The molecule has 0 spiro atoms. The van der Waals surface area contributed by atoms with Crippen LogP contribution in [0.15, 0.2) is 24.3 Å². The van der Waals surface area contributed by atoms with Crippen molar-refractivity contribution in [2.24, 2.45) is 0 Å². The minimum atomic E-state index is -3.47. The molecule has 1 fully saturated rings. The Morgan fingerprint density at radius 2 is 2.00 bits per heavy atom. The van der Waals surface area contributed by atoms with Crippen LogP contribution in [0.2, 0.25) is 0 Å². The average Bonchev–Trinajstić information content (AvgIpc) is 2.80. The normalized spacial score (nSPS) is 18.4. The van der Waals surface area contributed by atoms with Crippen molar-refractivity contribution in [3.05, 3.63) is 24.3 Å². The van der Waals surface area contributed by atoms with E-state index in [4.69, 9.17) is 9.47 Å². The number of hydrogen-bond donors (Lipinski definition) is 0. The number of benzene rings is 1. The monoisotopic (exact) mass is 329 g/mol. The van der Waals surface area contributed by atoms with E-state index in [1.165, 1.54) is 4.90 Å². The molecule has 1 aliphatic rings. The Hall–Kier alpha value is -1.80. The lowest BCUT2D eigenvalue weighted by molar-refractivity contribution is 0.126. The summed E-state index contributed by atoms with van der Waals surface area (Å²) in [6.07, 6.45) is 0.473. The molecule has 0 radical (unpaired) electrons. The summed E-state index contributed by atoms with van der Waals surface area (Å²) in [6.45, 7) is 2.83. The Morgan fingerprint density at radius 3 is 2.59 bits per heavy atom. The van der Waals surface area contributed by atoms with E-state index in [2.05, 4.69) is 4.18 Å². The summed E-state index contributed by atoms with van der Waals surface area (Å²) < 4.78 is 37.0. The Labute approximate surface area is 129 Å². The molecule has 0 bridgehead atoms. The number of cyclic esters (lactones) is 1. The summed E-state index contributed by atoms with van der Waals surface area (Å²) in [4.78, 5) is 13.4. The number of carbonyl (C=O) groups excluding carboxylic acids is 1. The number of ether oxygens (including phenoxy) is 2. The molecule has 1 aromatic carbocycles. The van der Waals surface area contributed by atoms with Crippen LogP contribution in [0, 0.1) is 0 Å². The van der Waals surface area contributed by atoms with Gasteiger partial charge in [-0.25, -0.2) is 4.79 Å². The third-order valence-corrected chi connectivity index (χ3v) is 3.67. The van der Waals surface area contributed by atoms with Crippen LogP contribution >= 0.6 is 0 Å². The van der Waals surface area contributed by atoms with Crippen LogP contribution in [0.5, 0.6) is 5.75 Å². The maximum atomic E-state index is 11.9. The van der Waals surface area contributed by atoms with E-state index in [0.29, 0.717) is 25.3 Å². The van der Waals surface area contributed by atoms with Gasteiger partial charge in [-0.05, 0) is 31.2 Å². The van der Waals surface area contributed by atoms with Crippen molar-refractivity contribution in [1.82, 2.24) is 0 Å². The molecule has 1 aromatic rings. The Morgan fingerprint density at radius 1 is 1.32 bits per heavy atom. The van der Waals surface area contributed by atoms with Gasteiger partial charge in [0.1, 0.15) is 11.9 Å².